The lowest BCUT2D eigenvalue weighted by atomic mass is 10.1. The third-order valence-corrected chi connectivity index (χ3v) is 3.06. The molecule has 124 valence electrons. The average Bonchev–Trinajstić information content (AvgIpc) is 2.90. The van der Waals surface area contributed by atoms with Crippen LogP contribution in [0.25, 0.3) is 5.82 Å². The number of rotatable bonds is 4. The van der Waals surface area contributed by atoms with Gasteiger partial charge in [0.15, 0.2) is 11.6 Å². The summed E-state index contributed by atoms with van der Waals surface area (Å²) in [7, 11) is 0. The minimum absolute atomic E-state index is 0.208. The zero-order valence-electron chi connectivity index (χ0n) is 13.7. The number of ether oxygens (including phenoxy) is 1. The van der Waals surface area contributed by atoms with E-state index >= 15 is 0 Å². The molecule has 0 saturated carbocycles. The summed E-state index contributed by atoms with van der Waals surface area (Å²) in [4.78, 5) is 16.1. The van der Waals surface area contributed by atoms with E-state index in [1.165, 1.54) is 10.9 Å². The third-order valence-electron chi connectivity index (χ3n) is 3.06. The first-order valence-corrected chi connectivity index (χ1v) is 7.44. The smallest absolute Gasteiger partial charge is 0.408 e. The highest BCUT2D eigenvalue weighted by atomic mass is 19.1. The molecule has 0 aromatic carbocycles. The number of carbonyl (C=O) groups is 1. The summed E-state index contributed by atoms with van der Waals surface area (Å²) in [6, 6.07) is 3.34. The molecule has 1 amide bonds. The van der Waals surface area contributed by atoms with Gasteiger partial charge >= 0.3 is 6.09 Å². The van der Waals surface area contributed by atoms with Crippen LogP contribution in [-0.2, 0) is 4.74 Å². The van der Waals surface area contributed by atoms with Crippen molar-refractivity contribution in [1.29, 1.82) is 0 Å². The van der Waals surface area contributed by atoms with Crippen LogP contribution in [-0.4, -0.2) is 26.5 Å². The molecule has 6 nitrogen and oxygen atoms in total. The van der Waals surface area contributed by atoms with Crippen molar-refractivity contribution in [3.63, 3.8) is 0 Å². The quantitative estimate of drug-likeness (QED) is 0.937. The van der Waals surface area contributed by atoms with Crippen LogP contribution >= 0.6 is 0 Å². The molecule has 1 atom stereocenters. The van der Waals surface area contributed by atoms with Gasteiger partial charge in [0.05, 0.1) is 18.4 Å². The van der Waals surface area contributed by atoms with E-state index in [9.17, 15) is 9.18 Å². The summed E-state index contributed by atoms with van der Waals surface area (Å²) < 4.78 is 19.6. The van der Waals surface area contributed by atoms with E-state index < -0.39 is 17.5 Å². The number of hydrogen-bond acceptors (Lipinski definition) is 4. The second kappa shape index (κ2) is 6.76. The van der Waals surface area contributed by atoms with Crippen LogP contribution in [0.4, 0.5) is 9.18 Å². The molecule has 0 aliphatic carbocycles. The number of amides is 1. The molecular formula is C16H21FN4O2. The number of hydrogen-bond donors (Lipinski definition) is 1. The summed E-state index contributed by atoms with van der Waals surface area (Å²) in [5.41, 5.74) is 0.295. The standard InChI is InChI=1S/C16H21FN4O2/c1-5-13(20-15(22)23-16(2,3)4)11-6-7-14(18-8-11)21-10-12(17)9-19-21/h6-10,13H,5H2,1-4H3,(H,20,22)/t13-/m0/s1. The predicted octanol–water partition coefficient (Wildman–Crippen LogP) is 3.38. The number of alkyl carbamates (subject to hydrolysis) is 1. The van der Waals surface area contributed by atoms with E-state index in [-0.39, 0.29) is 6.04 Å². The average molecular weight is 320 g/mol. The number of nitrogens with one attached hydrogen (secondary N) is 1. The van der Waals surface area contributed by atoms with Gasteiger partial charge in [-0.05, 0) is 38.8 Å². The monoisotopic (exact) mass is 320 g/mol. The van der Waals surface area contributed by atoms with E-state index in [1.54, 1.807) is 12.3 Å². The highest BCUT2D eigenvalue weighted by Crippen LogP contribution is 2.18. The molecule has 0 spiro atoms. The normalized spacial score (nSPS) is 12.7. The van der Waals surface area contributed by atoms with Gasteiger partial charge in [0.2, 0.25) is 0 Å². The minimum atomic E-state index is -0.547. The Morgan fingerprint density at radius 1 is 1.39 bits per heavy atom. The Labute approximate surface area is 134 Å². The molecule has 23 heavy (non-hydrogen) atoms. The highest BCUT2D eigenvalue weighted by molar-refractivity contribution is 5.68. The molecule has 0 aliphatic rings. The predicted molar refractivity (Wildman–Crippen MR) is 83.7 cm³/mol. The fourth-order valence-electron chi connectivity index (χ4n) is 2.04. The van der Waals surface area contributed by atoms with Gasteiger partial charge in [-0.2, -0.15) is 5.10 Å². The summed E-state index contributed by atoms with van der Waals surface area (Å²) in [5, 5.41) is 6.68. The number of nitrogens with zero attached hydrogens (tertiary/aromatic N) is 3. The van der Waals surface area contributed by atoms with Crippen molar-refractivity contribution in [2.75, 3.05) is 0 Å². The van der Waals surface area contributed by atoms with Crippen LogP contribution in [0.5, 0.6) is 0 Å². The molecule has 0 bridgehead atoms. The Balaban J connectivity index is 2.08. The zero-order chi connectivity index (χ0) is 17.0. The van der Waals surface area contributed by atoms with Crippen LogP contribution < -0.4 is 5.32 Å². The maximum absolute atomic E-state index is 13.0. The van der Waals surface area contributed by atoms with Gasteiger partial charge in [0.1, 0.15) is 5.60 Å². The molecule has 2 aromatic heterocycles. The van der Waals surface area contributed by atoms with Crippen LogP contribution in [0, 0.1) is 5.82 Å². The molecule has 0 saturated heterocycles. The van der Waals surface area contributed by atoms with Gasteiger partial charge in [-0.1, -0.05) is 13.0 Å². The highest BCUT2D eigenvalue weighted by Gasteiger charge is 2.19. The third kappa shape index (κ3) is 4.77. The molecular weight excluding hydrogens is 299 g/mol. The number of halogens is 1. The Morgan fingerprint density at radius 3 is 2.61 bits per heavy atom. The molecule has 0 radical (unpaired) electrons. The van der Waals surface area contributed by atoms with E-state index in [4.69, 9.17) is 4.74 Å². The summed E-state index contributed by atoms with van der Waals surface area (Å²) in [6.45, 7) is 7.39. The molecule has 7 heteroatoms. The minimum Gasteiger partial charge on any atom is -0.444 e. The number of pyridine rings is 1. The molecule has 0 fully saturated rings. The summed E-state index contributed by atoms with van der Waals surface area (Å²) in [5.74, 6) is 0.0821. The van der Waals surface area contributed by atoms with Crippen molar-refractivity contribution in [3.8, 4) is 5.82 Å². The second-order valence-electron chi connectivity index (χ2n) is 6.16. The SMILES string of the molecule is CC[C@H](NC(=O)OC(C)(C)C)c1ccc(-n2cc(F)cn2)nc1. The summed E-state index contributed by atoms with van der Waals surface area (Å²) >= 11 is 0. The van der Waals surface area contributed by atoms with E-state index in [0.29, 0.717) is 12.2 Å². The Hall–Kier alpha value is -2.44. The molecule has 2 aromatic rings. The van der Waals surface area contributed by atoms with Crippen molar-refractivity contribution in [2.45, 2.75) is 45.8 Å². The van der Waals surface area contributed by atoms with Crippen LogP contribution in [0.2, 0.25) is 0 Å². The first-order chi connectivity index (χ1) is 10.8. The van der Waals surface area contributed by atoms with E-state index in [2.05, 4.69) is 15.4 Å². The second-order valence-corrected chi connectivity index (χ2v) is 6.16. The summed E-state index contributed by atoms with van der Waals surface area (Å²) in [6.07, 6.45) is 4.23. The number of aromatic nitrogens is 3. The van der Waals surface area contributed by atoms with Crippen molar-refractivity contribution < 1.29 is 13.9 Å². The van der Waals surface area contributed by atoms with Gasteiger partial charge in [-0.15, -0.1) is 0 Å². The van der Waals surface area contributed by atoms with E-state index in [0.717, 1.165) is 11.8 Å². The van der Waals surface area contributed by atoms with Gasteiger partial charge in [-0.3, -0.25) is 0 Å². The van der Waals surface area contributed by atoms with Crippen molar-refractivity contribution >= 4 is 6.09 Å². The van der Waals surface area contributed by atoms with E-state index in [1.807, 2.05) is 33.8 Å². The Bertz CT molecular complexity index is 661. The lowest BCUT2D eigenvalue weighted by Crippen LogP contribution is -2.34. The molecule has 0 aliphatic heterocycles. The molecule has 2 heterocycles. The van der Waals surface area contributed by atoms with Crippen LogP contribution in [0.3, 0.4) is 0 Å². The topological polar surface area (TPSA) is 69.0 Å². The Kier molecular flexibility index (Phi) is 4.98. The van der Waals surface area contributed by atoms with Gasteiger partial charge < -0.3 is 10.1 Å². The Morgan fingerprint density at radius 2 is 2.13 bits per heavy atom. The fraction of sp³-hybridized carbons (Fsp3) is 0.438. The molecule has 0 unspecified atom stereocenters. The first kappa shape index (κ1) is 16.9. The molecule has 1 N–H and O–H groups in total. The number of carbonyl (C=O) groups excluding carboxylic acids is 1. The lowest BCUT2D eigenvalue weighted by molar-refractivity contribution is 0.0502. The van der Waals surface area contributed by atoms with Crippen LogP contribution in [0.15, 0.2) is 30.7 Å². The molecule has 2 rings (SSSR count). The lowest BCUT2D eigenvalue weighted by Gasteiger charge is -2.23. The van der Waals surface area contributed by atoms with Gasteiger partial charge in [-0.25, -0.2) is 18.9 Å². The van der Waals surface area contributed by atoms with Crippen LogP contribution in [0.1, 0.15) is 45.7 Å². The first-order valence-electron chi connectivity index (χ1n) is 7.44. The largest absolute Gasteiger partial charge is 0.444 e. The van der Waals surface area contributed by atoms with Gasteiger partial charge in [0.25, 0.3) is 0 Å². The van der Waals surface area contributed by atoms with Crippen molar-refractivity contribution in [1.82, 2.24) is 20.1 Å². The van der Waals surface area contributed by atoms with Crippen molar-refractivity contribution in [3.05, 3.63) is 42.1 Å². The fourth-order valence-corrected chi connectivity index (χ4v) is 2.04. The maximum Gasteiger partial charge on any atom is 0.408 e. The zero-order valence-corrected chi connectivity index (χ0v) is 13.7. The van der Waals surface area contributed by atoms with Crippen molar-refractivity contribution in [2.24, 2.45) is 0 Å². The maximum atomic E-state index is 13.0. The van der Waals surface area contributed by atoms with Gasteiger partial charge in [0, 0.05) is 6.20 Å².